The fourth-order valence-corrected chi connectivity index (χ4v) is 0.813. The minimum atomic E-state index is -0.673. The molecule has 0 unspecified atom stereocenters. The van der Waals surface area contributed by atoms with E-state index in [4.69, 9.17) is 5.26 Å². The van der Waals surface area contributed by atoms with Gasteiger partial charge in [0.2, 0.25) is 5.91 Å². The Hall–Kier alpha value is -2.49. The number of imide groups is 1. The number of hydrogen-bond acceptors (Lipinski definition) is 5. The summed E-state index contributed by atoms with van der Waals surface area (Å²) in [5.41, 5.74) is 0. The van der Waals surface area contributed by atoms with Crippen LogP contribution >= 0.6 is 0 Å². The second kappa shape index (κ2) is 4.66. The first-order valence-corrected chi connectivity index (χ1v) is 3.89. The summed E-state index contributed by atoms with van der Waals surface area (Å²) in [6.07, 6.45) is 2.84. The smallest absolute Gasteiger partial charge is 0.288 e. The van der Waals surface area contributed by atoms with Gasteiger partial charge in [0.1, 0.15) is 6.54 Å². The van der Waals surface area contributed by atoms with Crippen molar-refractivity contribution in [3.63, 3.8) is 0 Å². The van der Waals surface area contributed by atoms with Crippen LogP contribution in [0.2, 0.25) is 0 Å². The maximum Gasteiger partial charge on any atom is 0.344 e. The van der Waals surface area contributed by atoms with E-state index in [1.54, 1.807) is 6.07 Å². The maximum atomic E-state index is 10.9. The highest BCUT2D eigenvalue weighted by atomic mass is 16.2. The van der Waals surface area contributed by atoms with Gasteiger partial charge in [-0.2, -0.15) is 10.4 Å². The van der Waals surface area contributed by atoms with Gasteiger partial charge < -0.3 is 0 Å². The molecule has 0 spiro atoms. The Morgan fingerprint density at radius 3 is 2.87 bits per heavy atom. The fraction of sp³-hybridized carbons (Fsp3) is 0.125. The molecule has 0 atom stereocenters. The SMILES string of the molecule is N#CC=CC(=O)/C=N/N1CC(=O)NC1=O. The van der Waals surface area contributed by atoms with Crippen LogP contribution in [0.5, 0.6) is 0 Å². The molecule has 7 heteroatoms. The van der Waals surface area contributed by atoms with Crippen LogP contribution in [-0.2, 0) is 9.59 Å². The van der Waals surface area contributed by atoms with Gasteiger partial charge in [-0.25, -0.2) is 9.80 Å². The van der Waals surface area contributed by atoms with E-state index < -0.39 is 17.7 Å². The zero-order valence-corrected chi connectivity index (χ0v) is 7.51. The summed E-state index contributed by atoms with van der Waals surface area (Å²) in [6.45, 7) is -0.204. The van der Waals surface area contributed by atoms with E-state index in [2.05, 4.69) is 5.10 Å². The molecule has 15 heavy (non-hydrogen) atoms. The minimum absolute atomic E-state index is 0.204. The van der Waals surface area contributed by atoms with Crippen LogP contribution in [-0.4, -0.2) is 35.5 Å². The van der Waals surface area contributed by atoms with Crippen LogP contribution in [0.25, 0.3) is 0 Å². The van der Waals surface area contributed by atoms with Crippen molar-refractivity contribution in [2.45, 2.75) is 0 Å². The third-order valence-electron chi connectivity index (χ3n) is 1.42. The van der Waals surface area contributed by atoms with Gasteiger partial charge in [-0.05, 0) is 6.08 Å². The molecular weight excluding hydrogens is 200 g/mol. The zero-order chi connectivity index (χ0) is 11.3. The topological polar surface area (TPSA) is 103 Å². The third kappa shape index (κ3) is 3.04. The molecule has 1 aliphatic heterocycles. The molecule has 1 rings (SSSR count). The Bertz CT molecular complexity index is 405. The van der Waals surface area contributed by atoms with E-state index in [0.717, 1.165) is 23.4 Å². The number of carbonyl (C=O) groups is 3. The molecule has 76 valence electrons. The van der Waals surface area contributed by atoms with Gasteiger partial charge in [-0.15, -0.1) is 0 Å². The van der Waals surface area contributed by atoms with E-state index in [0.29, 0.717) is 0 Å². The average molecular weight is 206 g/mol. The van der Waals surface area contributed by atoms with E-state index in [-0.39, 0.29) is 6.54 Å². The quantitative estimate of drug-likeness (QED) is 0.282. The number of allylic oxidation sites excluding steroid dienone is 2. The third-order valence-corrected chi connectivity index (χ3v) is 1.42. The van der Waals surface area contributed by atoms with Crippen molar-refractivity contribution >= 4 is 23.9 Å². The number of urea groups is 1. The molecular formula is C8H6N4O3. The van der Waals surface area contributed by atoms with E-state index in [1.165, 1.54) is 0 Å². The molecule has 1 fully saturated rings. The highest BCUT2D eigenvalue weighted by Crippen LogP contribution is 1.97. The first-order valence-electron chi connectivity index (χ1n) is 3.89. The summed E-state index contributed by atoms with van der Waals surface area (Å²) in [5.74, 6) is -1.01. The first kappa shape index (κ1) is 10.6. The van der Waals surface area contributed by atoms with Crippen LogP contribution in [0.4, 0.5) is 4.79 Å². The highest BCUT2D eigenvalue weighted by Gasteiger charge is 2.25. The molecule has 1 saturated heterocycles. The predicted molar refractivity (Wildman–Crippen MR) is 48.5 cm³/mol. The van der Waals surface area contributed by atoms with Gasteiger partial charge in [0, 0.05) is 6.08 Å². The van der Waals surface area contributed by atoms with Crippen LogP contribution in [0.1, 0.15) is 0 Å². The largest absolute Gasteiger partial charge is 0.344 e. The molecule has 0 aliphatic carbocycles. The van der Waals surface area contributed by atoms with Crippen molar-refractivity contribution in [2.24, 2.45) is 5.10 Å². The van der Waals surface area contributed by atoms with Gasteiger partial charge in [-0.1, -0.05) is 0 Å². The molecule has 1 heterocycles. The lowest BCUT2D eigenvalue weighted by Crippen LogP contribution is -2.24. The van der Waals surface area contributed by atoms with Gasteiger partial charge in [0.15, 0.2) is 5.78 Å². The van der Waals surface area contributed by atoms with Crippen LogP contribution in [0.3, 0.4) is 0 Å². The Balaban J connectivity index is 2.55. The molecule has 0 radical (unpaired) electrons. The second-order valence-electron chi connectivity index (χ2n) is 2.52. The number of hydrazone groups is 1. The van der Waals surface area contributed by atoms with Gasteiger partial charge in [0.05, 0.1) is 12.3 Å². The molecule has 0 bridgehead atoms. The molecule has 0 aromatic heterocycles. The molecule has 1 N–H and O–H groups in total. The van der Waals surface area contributed by atoms with E-state index >= 15 is 0 Å². The lowest BCUT2D eigenvalue weighted by atomic mass is 10.4. The molecule has 3 amide bonds. The monoisotopic (exact) mass is 206 g/mol. The second-order valence-corrected chi connectivity index (χ2v) is 2.52. The number of nitrogens with zero attached hydrogens (tertiary/aromatic N) is 3. The number of nitriles is 1. The Kier molecular flexibility index (Phi) is 3.29. The summed E-state index contributed by atoms with van der Waals surface area (Å²) < 4.78 is 0. The van der Waals surface area contributed by atoms with Gasteiger partial charge in [0.25, 0.3) is 0 Å². The highest BCUT2D eigenvalue weighted by molar-refractivity contribution is 6.32. The normalized spacial score (nSPS) is 16.1. The number of ketones is 1. The Morgan fingerprint density at radius 2 is 2.33 bits per heavy atom. The molecule has 1 aliphatic rings. The summed E-state index contributed by atoms with van der Waals surface area (Å²) in [4.78, 5) is 32.5. The standard InChI is InChI=1S/C8H6N4O3/c9-3-1-2-6(13)4-10-12-5-7(14)11-8(12)15/h1-2,4H,5H2,(H,11,14,15)/b2-1?,10-4+. The van der Waals surface area contributed by atoms with Crippen molar-refractivity contribution < 1.29 is 14.4 Å². The Morgan fingerprint density at radius 1 is 1.60 bits per heavy atom. The summed E-state index contributed by atoms with van der Waals surface area (Å²) in [5, 5.41) is 14.4. The lowest BCUT2D eigenvalue weighted by Gasteiger charge is -2.02. The number of hydrogen-bond donors (Lipinski definition) is 1. The van der Waals surface area contributed by atoms with Crippen molar-refractivity contribution in [3.05, 3.63) is 12.2 Å². The molecule has 0 aromatic rings. The molecule has 7 nitrogen and oxygen atoms in total. The van der Waals surface area contributed by atoms with Crippen LogP contribution in [0, 0.1) is 11.3 Å². The number of nitrogens with one attached hydrogen (secondary N) is 1. The number of amides is 3. The van der Waals surface area contributed by atoms with Crippen molar-refractivity contribution in [1.82, 2.24) is 10.3 Å². The fourth-order valence-electron chi connectivity index (χ4n) is 0.813. The van der Waals surface area contributed by atoms with Gasteiger partial charge >= 0.3 is 6.03 Å². The van der Waals surface area contributed by atoms with Crippen LogP contribution < -0.4 is 5.32 Å². The van der Waals surface area contributed by atoms with Crippen molar-refractivity contribution in [3.8, 4) is 6.07 Å². The zero-order valence-electron chi connectivity index (χ0n) is 7.51. The van der Waals surface area contributed by atoms with Crippen molar-refractivity contribution in [2.75, 3.05) is 6.54 Å². The summed E-state index contributed by atoms with van der Waals surface area (Å²) >= 11 is 0. The summed E-state index contributed by atoms with van der Waals surface area (Å²) in [6, 6.07) is 0.959. The van der Waals surface area contributed by atoms with Gasteiger partial charge in [-0.3, -0.25) is 14.9 Å². The number of rotatable bonds is 3. The summed E-state index contributed by atoms with van der Waals surface area (Å²) in [7, 11) is 0. The van der Waals surface area contributed by atoms with E-state index in [1.807, 2.05) is 5.32 Å². The Labute approximate surface area is 84.7 Å². The lowest BCUT2D eigenvalue weighted by molar-refractivity contribution is -0.118. The average Bonchev–Trinajstić information content (AvgIpc) is 2.51. The first-order chi connectivity index (χ1) is 7.13. The molecule has 0 saturated carbocycles. The maximum absolute atomic E-state index is 10.9. The van der Waals surface area contributed by atoms with Crippen LogP contribution in [0.15, 0.2) is 17.3 Å². The number of carbonyl (C=O) groups excluding carboxylic acids is 3. The molecule has 0 aromatic carbocycles. The minimum Gasteiger partial charge on any atom is -0.288 e. The van der Waals surface area contributed by atoms with E-state index in [9.17, 15) is 14.4 Å². The predicted octanol–water partition coefficient (Wildman–Crippen LogP) is -0.827. The van der Waals surface area contributed by atoms with Crippen molar-refractivity contribution in [1.29, 1.82) is 5.26 Å².